The molecule has 1 aromatic heterocycles. The average molecular weight is 314 g/mol. The quantitative estimate of drug-likeness (QED) is 0.854. The lowest BCUT2D eigenvalue weighted by Gasteiger charge is -2.33. The van der Waals surface area contributed by atoms with Gasteiger partial charge in [0.25, 0.3) is 0 Å². The maximum absolute atomic E-state index is 13.1. The van der Waals surface area contributed by atoms with Crippen LogP contribution in [-0.4, -0.2) is 38.5 Å². The van der Waals surface area contributed by atoms with Crippen LogP contribution in [0.15, 0.2) is 30.5 Å². The van der Waals surface area contributed by atoms with Crippen molar-refractivity contribution < 1.29 is 4.79 Å². The molecule has 0 aliphatic heterocycles. The molecule has 1 fully saturated rings. The van der Waals surface area contributed by atoms with E-state index in [0.29, 0.717) is 12.0 Å². The van der Waals surface area contributed by atoms with Gasteiger partial charge >= 0.3 is 6.03 Å². The van der Waals surface area contributed by atoms with Crippen LogP contribution in [0, 0.1) is 5.92 Å². The van der Waals surface area contributed by atoms with Crippen LogP contribution in [0.3, 0.4) is 0 Å². The molecule has 23 heavy (non-hydrogen) atoms. The van der Waals surface area contributed by atoms with Crippen molar-refractivity contribution >= 4 is 6.03 Å². The third kappa shape index (κ3) is 3.23. The molecule has 0 aromatic carbocycles. The fourth-order valence-electron chi connectivity index (χ4n) is 3.77. The average Bonchev–Trinajstić information content (AvgIpc) is 3.06. The predicted octanol–water partition coefficient (Wildman–Crippen LogP) is 3.75. The Labute approximate surface area is 138 Å². The largest absolute Gasteiger partial charge is 0.346 e. The monoisotopic (exact) mass is 314 g/mol. The number of aromatic nitrogens is 3. The molecule has 0 saturated heterocycles. The number of rotatable bonds is 3. The molecule has 2 aliphatic carbocycles. The van der Waals surface area contributed by atoms with Crippen LogP contribution in [0.5, 0.6) is 0 Å². The van der Waals surface area contributed by atoms with Gasteiger partial charge in [-0.3, -0.25) is 0 Å². The second-order valence-corrected chi connectivity index (χ2v) is 6.59. The van der Waals surface area contributed by atoms with E-state index in [2.05, 4.69) is 42.4 Å². The van der Waals surface area contributed by atoms with E-state index in [1.54, 1.807) is 6.20 Å². The van der Waals surface area contributed by atoms with E-state index in [4.69, 9.17) is 0 Å². The lowest BCUT2D eigenvalue weighted by atomic mass is 9.87. The molecule has 3 rings (SSSR count). The Hall–Kier alpha value is -1.91. The first-order chi connectivity index (χ1) is 11.2. The summed E-state index contributed by atoms with van der Waals surface area (Å²) in [6.07, 6.45) is 16.0. The fraction of sp³-hybridized carbons (Fsp3) is 0.611. The van der Waals surface area contributed by atoms with Crippen LogP contribution in [0.4, 0.5) is 4.79 Å². The summed E-state index contributed by atoms with van der Waals surface area (Å²) in [6.45, 7) is 4.93. The van der Waals surface area contributed by atoms with Gasteiger partial charge in [0.2, 0.25) is 0 Å². The zero-order valence-electron chi connectivity index (χ0n) is 14.1. The van der Waals surface area contributed by atoms with E-state index in [-0.39, 0.29) is 11.9 Å². The molecule has 1 saturated carbocycles. The van der Waals surface area contributed by atoms with Gasteiger partial charge < -0.3 is 4.90 Å². The highest BCUT2D eigenvalue weighted by atomic mass is 16.2. The number of carbonyl (C=O) groups excluding carboxylic acids is 1. The molecule has 2 aliphatic rings. The Morgan fingerprint density at radius 1 is 1.26 bits per heavy atom. The van der Waals surface area contributed by atoms with Crippen LogP contribution in [0.2, 0.25) is 0 Å². The van der Waals surface area contributed by atoms with Crippen molar-refractivity contribution in [3.63, 3.8) is 0 Å². The number of allylic oxidation sites excluding steroid dienone is 4. The zero-order chi connectivity index (χ0) is 16.2. The molecular formula is C18H26N4O. The molecule has 1 aromatic rings. The minimum atomic E-state index is -0.0259. The summed E-state index contributed by atoms with van der Waals surface area (Å²) in [5.41, 5.74) is 0.886. The number of amides is 1. The summed E-state index contributed by atoms with van der Waals surface area (Å²) in [4.78, 5) is 15.0. The molecule has 2 unspecified atom stereocenters. The van der Waals surface area contributed by atoms with E-state index in [9.17, 15) is 4.79 Å². The molecule has 0 spiro atoms. The minimum absolute atomic E-state index is 0.0259. The first kappa shape index (κ1) is 16.0. The van der Waals surface area contributed by atoms with E-state index < -0.39 is 0 Å². The fourth-order valence-corrected chi connectivity index (χ4v) is 3.77. The summed E-state index contributed by atoms with van der Waals surface area (Å²) < 4.78 is 1.52. The van der Waals surface area contributed by atoms with Crippen molar-refractivity contribution in [1.29, 1.82) is 0 Å². The molecule has 0 radical (unpaired) electrons. The van der Waals surface area contributed by atoms with Crippen molar-refractivity contribution in [3.8, 4) is 0 Å². The lowest BCUT2D eigenvalue weighted by molar-refractivity contribution is 0.157. The predicted molar refractivity (Wildman–Crippen MR) is 90.3 cm³/mol. The third-order valence-corrected chi connectivity index (χ3v) is 5.11. The normalized spacial score (nSPS) is 24.8. The maximum atomic E-state index is 13.1. The summed E-state index contributed by atoms with van der Waals surface area (Å²) in [7, 11) is 0. The van der Waals surface area contributed by atoms with Crippen LogP contribution >= 0.6 is 0 Å². The van der Waals surface area contributed by atoms with E-state index in [0.717, 1.165) is 25.1 Å². The Morgan fingerprint density at radius 3 is 2.70 bits per heavy atom. The lowest BCUT2D eigenvalue weighted by Crippen LogP contribution is -2.44. The molecule has 0 N–H and O–H groups in total. The standard InChI is InChI=1S/C18H26N4O/c1-3-21(15-10-5-4-6-11-15)18(23)22-17(13-19-20-22)16-12-8-7-9-14(16)2/h7-9,12-16H,3-6,10-11H2,1-2H3. The molecular weight excluding hydrogens is 288 g/mol. The highest BCUT2D eigenvalue weighted by Crippen LogP contribution is 2.30. The summed E-state index contributed by atoms with van der Waals surface area (Å²) in [5.74, 6) is 0.499. The van der Waals surface area contributed by atoms with E-state index in [1.165, 1.54) is 23.9 Å². The number of hydrogen-bond acceptors (Lipinski definition) is 3. The number of carbonyl (C=O) groups is 1. The molecule has 1 amide bonds. The summed E-state index contributed by atoms with van der Waals surface area (Å²) in [6, 6.07) is 0.319. The van der Waals surface area contributed by atoms with Gasteiger partial charge in [0.15, 0.2) is 0 Å². The van der Waals surface area contributed by atoms with E-state index in [1.807, 2.05) is 11.0 Å². The van der Waals surface area contributed by atoms with Gasteiger partial charge in [-0.05, 0) is 25.7 Å². The van der Waals surface area contributed by atoms with Gasteiger partial charge in [0, 0.05) is 18.5 Å². The molecule has 5 heteroatoms. The highest BCUT2D eigenvalue weighted by Gasteiger charge is 2.29. The second-order valence-electron chi connectivity index (χ2n) is 6.59. The van der Waals surface area contributed by atoms with Crippen molar-refractivity contribution in [2.24, 2.45) is 5.92 Å². The first-order valence-corrected chi connectivity index (χ1v) is 8.79. The third-order valence-electron chi connectivity index (χ3n) is 5.11. The van der Waals surface area contributed by atoms with Crippen molar-refractivity contribution in [2.45, 2.75) is 57.9 Å². The van der Waals surface area contributed by atoms with Crippen LogP contribution in [0.1, 0.15) is 57.6 Å². The molecule has 0 bridgehead atoms. The molecule has 1 heterocycles. The number of nitrogens with zero attached hydrogens (tertiary/aromatic N) is 4. The topological polar surface area (TPSA) is 51.0 Å². The van der Waals surface area contributed by atoms with Gasteiger partial charge in [0.05, 0.1) is 11.9 Å². The Morgan fingerprint density at radius 2 is 2.00 bits per heavy atom. The van der Waals surface area contributed by atoms with Gasteiger partial charge in [-0.1, -0.05) is 55.7 Å². The second kappa shape index (κ2) is 7.11. The van der Waals surface area contributed by atoms with Crippen molar-refractivity contribution in [2.75, 3.05) is 6.54 Å². The van der Waals surface area contributed by atoms with Crippen LogP contribution in [-0.2, 0) is 0 Å². The smallest absolute Gasteiger partial charge is 0.320 e. The molecule has 5 nitrogen and oxygen atoms in total. The Kier molecular flexibility index (Phi) is 4.94. The van der Waals surface area contributed by atoms with Gasteiger partial charge in [-0.15, -0.1) is 5.10 Å². The van der Waals surface area contributed by atoms with Gasteiger partial charge in [0.1, 0.15) is 0 Å². The minimum Gasteiger partial charge on any atom is -0.320 e. The Bertz CT molecular complexity index is 598. The van der Waals surface area contributed by atoms with Crippen molar-refractivity contribution in [1.82, 2.24) is 19.9 Å². The SMILES string of the molecule is CCN(C(=O)n1nncc1C1C=CC=CC1C)C1CCCCC1. The molecule has 124 valence electrons. The van der Waals surface area contributed by atoms with E-state index >= 15 is 0 Å². The van der Waals surface area contributed by atoms with Crippen LogP contribution in [0.25, 0.3) is 0 Å². The Balaban J connectivity index is 1.83. The van der Waals surface area contributed by atoms with Gasteiger partial charge in [-0.25, -0.2) is 4.79 Å². The summed E-state index contributed by atoms with van der Waals surface area (Å²) in [5, 5.41) is 8.13. The summed E-state index contributed by atoms with van der Waals surface area (Å²) >= 11 is 0. The zero-order valence-corrected chi connectivity index (χ0v) is 14.1. The first-order valence-electron chi connectivity index (χ1n) is 8.79. The van der Waals surface area contributed by atoms with Gasteiger partial charge in [-0.2, -0.15) is 4.68 Å². The molecule has 2 atom stereocenters. The maximum Gasteiger partial charge on any atom is 0.346 e. The van der Waals surface area contributed by atoms with Crippen LogP contribution < -0.4 is 0 Å². The van der Waals surface area contributed by atoms with Crippen molar-refractivity contribution in [3.05, 3.63) is 36.2 Å². The highest BCUT2D eigenvalue weighted by molar-refractivity contribution is 5.77. The number of hydrogen-bond donors (Lipinski definition) is 0.